The van der Waals surface area contributed by atoms with Gasteiger partial charge in [-0.25, -0.2) is 0 Å². The largest absolute Gasteiger partial charge is 0.481 e. The molecule has 1 atom stereocenters. The standard InChI is InChI=1S/C13H13FN2O5/c14-10-6-8(3-4-11(10)16(20)21)12(17)15-5-1-2-9(7-15)13(18)19/h3-4,6,9H,1-2,5,7H2,(H,18,19)/t9-/m1/s1. The fourth-order valence-corrected chi connectivity index (χ4v) is 2.33. The molecule has 8 heteroatoms. The maximum atomic E-state index is 13.5. The summed E-state index contributed by atoms with van der Waals surface area (Å²) in [6.45, 7) is 0.452. The lowest BCUT2D eigenvalue weighted by Gasteiger charge is -2.30. The highest BCUT2D eigenvalue weighted by Gasteiger charge is 2.29. The van der Waals surface area contributed by atoms with Crippen molar-refractivity contribution in [2.45, 2.75) is 12.8 Å². The van der Waals surface area contributed by atoms with Gasteiger partial charge in [-0.3, -0.25) is 19.7 Å². The molecule has 1 aromatic rings. The molecule has 0 bridgehead atoms. The minimum absolute atomic E-state index is 0.0239. The molecular formula is C13H13FN2O5. The van der Waals surface area contributed by atoms with Crippen LogP contribution in [0.1, 0.15) is 23.2 Å². The van der Waals surface area contributed by atoms with Crippen molar-refractivity contribution in [2.75, 3.05) is 13.1 Å². The molecule has 1 N–H and O–H groups in total. The molecule has 0 aliphatic carbocycles. The van der Waals surface area contributed by atoms with Crippen LogP contribution < -0.4 is 0 Å². The first-order valence-electron chi connectivity index (χ1n) is 6.36. The molecule has 1 fully saturated rings. The average Bonchev–Trinajstić information content (AvgIpc) is 2.46. The summed E-state index contributed by atoms with van der Waals surface area (Å²) in [5, 5.41) is 19.5. The van der Waals surface area contributed by atoms with Gasteiger partial charge in [0, 0.05) is 24.7 Å². The maximum absolute atomic E-state index is 13.5. The summed E-state index contributed by atoms with van der Waals surface area (Å²) < 4.78 is 13.5. The lowest BCUT2D eigenvalue weighted by Crippen LogP contribution is -2.42. The van der Waals surface area contributed by atoms with Crippen molar-refractivity contribution >= 4 is 17.6 Å². The quantitative estimate of drug-likeness (QED) is 0.675. The smallest absolute Gasteiger partial charge is 0.308 e. The first-order valence-corrected chi connectivity index (χ1v) is 6.36. The Balaban J connectivity index is 2.18. The van der Waals surface area contributed by atoms with Crippen LogP contribution in [0.15, 0.2) is 18.2 Å². The van der Waals surface area contributed by atoms with Crippen LogP contribution in [0.25, 0.3) is 0 Å². The van der Waals surface area contributed by atoms with Crippen LogP contribution >= 0.6 is 0 Å². The van der Waals surface area contributed by atoms with Gasteiger partial charge >= 0.3 is 11.7 Å². The van der Waals surface area contributed by atoms with E-state index in [1.807, 2.05) is 0 Å². The Morgan fingerprint density at radius 2 is 2.14 bits per heavy atom. The third-order valence-corrected chi connectivity index (χ3v) is 3.45. The Bertz CT molecular complexity index is 604. The van der Waals surface area contributed by atoms with Crippen molar-refractivity contribution in [3.05, 3.63) is 39.7 Å². The molecule has 1 aliphatic heterocycles. The van der Waals surface area contributed by atoms with E-state index >= 15 is 0 Å². The minimum atomic E-state index is -1.09. The highest BCUT2D eigenvalue weighted by Crippen LogP contribution is 2.22. The molecule has 1 amide bonds. The number of nitro groups is 1. The molecule has 112 valence electrons. The summed E-state index contributed by atoms with van der Waals surface area (Å²) in [5.41, 5.74) is -0.724. The summed E-state index contributed by atoms with van der Waals surface area (Å²) >= 11 is 0. The second-order valence-electron chi connectivity index (χ2n) is 4.85. The Labute approximate surface area is 119 Å². The van der Waals surface area contributed by atoms with Crippen LogP contribution in [0.2, 0.25) is 0 Å². The fourth-order valence-electron chi connectivity index (χ4n) is 2.33. The average molecular weight is 296 g/mol. The van der Waals surface area contributed by atoms with Crippen molar-refractivity contribution in [1.29, 1.82) is 0 Å². The van der Waals surface area contributed by atoms with Crippen molar-refractivity contribution < 1.29 is 24.0 Å². The summed E-state index contributed by atoms with van der Waals surface area (Å²) in [6, 6.07) is 2.92. The molecule has 0 aromatic heterocycles. The van der Waals surface area contributed by atoms with Crippen LogP contribution in [0, 0.1) is 21.8 Å². The molecule has 21 heavy (non-hydrogen) atoms. The van der Waals surface area contributed by atoms with E-state index in [0.29, 0.717) is 19.4 Å². The van der Waals surface area contributed by atoms with Gasteiger partial charge in [0.25, 0.3) is 5.91 Å². The molecule has 1 heterocycles. The van der Waals surface area contributed by atoms with Crippen LogP contribution in [-0.4, -0.2) is 39.9 Å². The van der Waals surface area contributed by atoms with Gasteiger partial charge in [0.05, 0.1) is 10.8 Å². The number of carboxylic acid groups (broad SMARTS) is 1. The highest BCUT2D eigenvalue weighted by molar-refractivity contribution is 5.94. The number of halogens is 1. The lowest BCUT2D eigenvalue weighted by atomic mass is 9.97. The van der Waals surface area contributed by atoms with E-state index in [1.165, 1.54) is 11.0 Å². The third-order valence-electron chi connectivity index (χ3n) is 3.45. The first kappa shape index (κ1) is 14.9. The second-order valence-corrected chi connectivity index (χ2v) is 4.85. The zero-order valence-corrected chi connectivity index (χ0v) is 11.0. The molecule has 0 saturated carbocycles. The SMILES string of the molecule is O=C(O)[C@@H]1CCCN(C(=O)c2ccc([N+](=O)[O-])c(F)c2)C1. The second kappa shape index (κ2) is 5.86. The van der Waals surface area contributed by atoms with Crippen LogP contribution in [0.3, 0.4) is 0 Å². The Morgan fingerprint density at radius 3 is 2.71 bits per heavy atom. The van der Waals surface area contributed by atoms with Gasteiger partial charge in [-0.2, -0.15) is 4.39 Å². The molecule has 1 aromatic carbocycles. The van der Waals surface area contributed by atoms with Gasteiger partial charge < -0.3 is 10.0 Å². The number of carboxylic acids is 1. The van der Waals surface area contributed by atoms with E-state index < -0.39 is 34.2 Å². The minimum Gasteiger partial charge on any atom is -0.481 e. The summed E-state index contributed by atoms with van der Waals surface area (Å²) in [7, 11) is 0. The Kier molecular flexibility index (Phi) is 4.15. The van der Waals surface area contributed by atoms with E-state index in [0.717, 1.165) is 12.1 Å². The van der Waals surface area contributed by atoms with Gasteiger partial charge in [0.15, 0.2) is 0 Å². The number of rotatable bonds is 3. The van der Waals surface area contributed by atoms with E-state index in [-0.39, 0.29) is 12.1 Å². The summed E-state index contributed by atoms with van der Waals surface area (Å²) in [5.74, 6) is -3.21. The van der Waals surface area contributed by atoms with Gasteiger partial charge in [-0.1, -0.05) is 0 Å². The van der Waals surface area contributed by atoms with Crippen LogP contribution in [0.5, 0.6) is 0 Å². The number of amides is 1. The normalized spacial score (nSPS) is 18.3. The van der Waals surface area contributed by atoms with Crippen molar-refractivity contribution in [3.63, 3.8) is 0 Å². The number of nitrogens with zero attached hydrogens (tertiary/aromatic N) is 2. The van der Waals surface area contributed by atoms with Crippen molar-refractivity contribution in [2.24, 2.45) is 5.92 Å². The number of hydrogen-bond donors (Lipinski definition) is 1. The van der Waals surface area contributed by atoms with Gasteiger partial charge in [-0.05, 0) is 25.0 Å². The van der Waals surface area contributed by atoms with Gasteiger partial charge in [0.1, 0.15) is 0 Å². The molecule has 1 aliphatic rings. The van der Waals surface area contributed by atoms with Crippen molar-refractivity contribution in [3.8, 4) is 0 Å². The van der Waals surface area contributed by atoms with E-state index in [1.54, 1.807) is 0 Å². The van der Waals surface area contributed by atoms with E-state index in [2.05, 4.69) is 0 Å². The Morgan fingerprint density at radius 1 is 1.43 bits per heavy atom. The van der Waals surface area contributed by atoms with E-state index in [9.17, 15) is 24.1 Å². The maximum Gasteiger partial charge on any atom is 0.308 e. The monoisotopic (exact) mass is 296 g/mol. The Hall–Kier alpha value is -2.51. The molecular weight excluding hydrogens is 283 g/mol. The first-order chi connectivity index (χ1) is 9.90. The van der Waals surface area contributed by atoms with Gasteiger partial charge in [0.2, 0.25) is 5.82 Å². The molecule has 1 saturated heterocycles. The molecule has 0 spiro atoms. The molecule has 2 rings (SSSR count). The van der Waals surface area contributed by atoms with Crippen LogP contribution in [-0.2, 0) is 4.79 Å². The van der Waals surface area contributed by atoms with E-state index in [4.69, 9.17) is 5.11 Å². The number of benzene rings is 1. The zero-order valence-electron chi connectivity index (χ0n) is 11.0. The number of hydrogen-bond acceptors (Lipinski definition) is 4. The molecule has 7 nitrogen and oxygen atoms in total. The predicted molar refractivity (Wildman–Crippen MR) is 69.3 cm³/mol. The van der Waals surface area contributed by atoms with Crippen LogP contribution in [0.4, 0.5) is 10.1 Å². The number of carbonyl (C=O) groups is 2. The number of piperidine rings is 1. The zero-order chi connectivity index (χ0) is 15.6. The highest BCUT2D eigenvalue weighted by atomic mass is 19.1. The topological polar surface area (TPSA) is 101 Å². The third kappa shape index (κ3) is 3.15. The molecule has 0 radical (unpaired) electrons. The summed E-state index contributed by atoms with van der Waals surface area (Å²) in [4.78, 5) is 34.2. The van der Waals surface area contributed by atoms with Gasteiger partial charge in [-0.15, -0.1) is 0 Å². The molecule has 0 unspecified atom stereocenters. The number of nitro benzene ring substituents is 1. The number of likely N-dealkylation sites (tertiary alicyclic amines) is 1. The lowest BCUT2D eigenvalue weighted by molar-refractivity contribution is -0.387. The summed E-state index contributed by atoms with van der Waals surface area (Å²) in [6.07, 6.45) is 1.05. The van der Waals surface area contributed by atoms with Crippen molar-refractivity contribution in [1.82, 2.24) is 4.90 Å². The predicted octanol–water partition coefficient (Wildman–Crippen LogP) is 1.67. The number of aliphatic carboxylic acids is 1. The fraction of sp³-hybridized carbons (Fsp3) is 0.385. The number of carbonyl (C=O) groups excluding carboxylic acids is 1.